The lowest BCUT2D eigenvalue weighted by atomic mass is 10.2. The molecule has 116 valence electrons. The molecule has 6 heteroatoms. The van der Waals surface area contributed by atoms with Gasteiger partial charge in [-0.3, -0.25) is 9.20 Å². The Labute approximate surface area is 133 Å². The summed E-state index contributed by atoms with van der Waals surface area (Å²) in [6, 6.07) is 13.1. The summed E-state index contributed by atoms with van der Waals surface area (Å²) in [5.41, 5.74) is 1.60. The van der Waals surface area contributed by atoms with Crippen molar-refractivity contribution in [1.82, 2.24) is 19.9 Å². The van der Waals surface area contributed by atoms with Crippen LogP contribution in [0.2, 0.25) is 0 Å². The molecule has 6 nitrogen and oxygen atoms in total. The number of carbonyl (C=O) groups is 1. The van der Waals surface area contributed by atoms with E-state index >= 15 is 0 Å². The first-order valence-corrected chi connectivity index (χ1v) is 7.15. The van der Waals surface area contributed by atoms with Gasteiger partial charge in [0.2, 0.25) is 5.91 Å². The number of amides is 1. The van der Waals surface area contributed by atoms with Gasteiger partial charge in [-0.05, 0) is 24.3 Å². The molecular weight excluding hydrogens is 292 g/mol. The molecule has 0 aliphatic carbocycles. The van der Waals surface area contributed by atoms with Gasteiger partial charge in [-0.1, -0.05) is 24.3 Å². The van der Waals surface area contributed by atoms with Gasteiger partial charge in [0.1, 0.15) is 5.75 Å². The maximum absolute atomic E-state index is 12.0. The van der Waals surface area contributed by atoms with Gasteiger partial charge in [0.15, 0.2) is 11.5 Å². The van der Waals surface area contributed by atoms with Crippen LogP contribution in [0.5, 0.6) is 5.75 Å². The van der Waals surface area contributed by atoms with Crippen molar-refractivity contribution in [2.75, 3.05) is 7.11 Å². The molecule has 0 saturated heterocycles. The van der Waals surface area contributed by atoms with E-state index in [1.807, 2.05) is 53.1 Å². The molecule has 0 spiro atoms. The van der Waals surface area contributed by atoms with Gasteiger partial charge in [-0.15, -0.1) is 10.2 Å². The molecule has 3 rings (SSSR count). The fourth-order valence-electron chi connectivity index (χ4n) is 2.21. The van der Waals surface area contributed by atoms with Gasteiger partial charge in [0, 0.05) is 17.8 Å². The van der Waals surface area contributed by atoms with Crippen molar-refractivity contribution in [3.05, 3.63) is 66.1 Å². The average Bonchev–Trinajstić information content (AvgIpc) is 3.01. The fourth-order valence-corrected chi connectivity index (χ4v) is 2.21. The van der Waals surface area contributed by atoms with E-state index in [0.717, 1.165) is 17.0 Å². The van der Waals surface area contributed by atoms with Crippen LogP contribution in [-0.2, 0) is 11.3 Å². The van der Waals surface area contributed by atoms with Gasteiger partial charge in [-0.2, -0.15) is 0 Å². The highest BCUT2D eigenvalue weighted by atomic mass is 16.5. The maximum atomic E-state index is 12.0. The minimum Gasteiger partial charge on any atom is -0.496 e. The number of benzene rings is 1. The number of ether oxygens (including phenoxy) is 1. The number of aromatic nitrogens is 3. The van der Waals surface area contributed by atoms with Crippen molar-refractivity contribution in [3.8, 4) is 5.75 Å². The van der Waals surface area contributed by atoms with Crippen molar-refractivity contribution in [3.63, 3.8) is 0 Å². The molecule has 23 heavy (non-hydrogen) atoms. The van der Waals surface area contributed by atoms with Crippen molar-refractivity contribution in [1.29, 1.82) is 0 Å². The topological polar surface area (TPSA) is 68.5 Å². The molecule has 2 heterocycles. The first kappa shape index (κ1) is 14.8. The Morgan fingerprint density at radius 1 is 1.22 bits per heavy atom. The van der Waals surface area contributed by atoms with Crippen LogP contribution < -0.4 is 10.1 Å². The highest BCUT2D eigenvalue weighted by Crippen LogP contribution is 2.18. The Morgan fingerprint density at radius 2 is 2.04 bits per heavy atom. The standard InChI is InChI=1S/C17H16N4O2/c1-23-14-7-3-2-6-13(14)9-10-17(22)18-12-16-20-19-15-8-4-5-11-21(15)16/h2-11H,12H2,1H3,(H,18,22)/b10-9+. The van der Waals surface area contributed by atoms with Gasteiger partial charge in [-0.25, -0.2) is 0 Å². The molecule has 0 fully saturated rings. The van der Waals surface area contributed by atoms with Crippen molar-refractivity contribution in [2.24, 2.45) is 0 Å². The van der Waals surface area contributed by atoms with E-state index in [-0.39, 0.29) is 5.91 Å². The molecule has 0 bridgehead atoms. The third-order valence-electron chi connectivity index (χ3n) is 3.36. The van der Waals surface area contributed by atoms with Crippen LogP contribution >= 0.6 is 0 Å². The second-order valence-corrected chi connectivity index (χ2v) is 4.84. The summed E-state index contributed by atoms with van der Waals surface area (Å²) in [7, 11) is 1.60. The molecule has 0 aliphatic heterocycles. The monoisotopic (exact) mass is 308 g/mol. The normalized spacial score (nSPS) is 11.0. The Morgan fingerprint density at radius 3 is 2.91 bits per heavy atom. The van der Waals surface area contributed by atoms with E-state index in [4.69, 9.17) is 4.74 Å². The SMILES string of the molecule is COc1ccccc1/C=C/C(=O)NCc1nnc2ccccn12. The number of pyridine rings is 1. The predicted molar refractivity (Wildman–Crippen MR) is 86.9 cm³/mol. The maximum Gasteiger partial charge on any atom is 0.244 e. The smallest absolute Gasteiger partial charge is 0.244 e. The minimum absolute atomic E-state index is 0.205. The number of rotatable bonds is 5. The summed E-state index contributed by atoms with van der Waals surface area (Å²) in [6.45, 7) is 0.306. The number of methoxy groups -OCH3 is 1. The molecule has 1 N–H and O–H groups in total. The Hall–Kier alpha value is -3.15. The lowest BCUT2D eigenvalue weighted by molar-refractivity contribution is -0.116. The molecule has 0 saturated carbocycles. The molecule has 1 amide bonds. The van der Waals surface area contributed by atoms with Crippen LogP contribution in [0.15, 0.2) is 54.7 Å². The minimum atomic E-state index is -0.205. The summed E-state index contributed by atoms with van der Waals surface area (Å²) in [4.78, 5) is 12.0. The lowest BCUT2D eigenvalue weighted by Crippen LogP contribution is -2.21. The van der Waals surface area contributed by atoms with Crippen LogP contribution in [0.25, 0.3) is 11.7 Å². The van der Waals surface area contributed by atoms with E-state index in [9.17, 15) is 4.79 Å². The first-order chi connectivity index (χ1) is 11.3. The third-order valence-corrected chi connectivity index (χ3v) is 3.36. The number of fused-ring (bicyclic) bond motifs is 1. The van der Waals surface area contributed by atoms with Crippen molar-refractivity contribution in [2.45, 2.75) is 6.54 Å². The van der Waals surface area contributed by atoms with Crippen molar-refractivity contribution < 1.29 is 9.53 Å². The zero-order valence-corrected chi connectivity index (χ0v) is 12.6. The molecule has 0 atom stereocenters. The largest absolute Gasteiger partial charge is 0.496 e. The molecule has 2 aromatic heterocycles. The number of carbonyl (C=O) groups excluding carboxylic acids is 1. The first-order valence-electron chi connectivity index (χ1n) is 7.15. The summed E-state index contributed by atoms with van der Waals surface area (Å²) < 4.78 is 7.08. The summed E-state index contributed by atoms with van der Waals surface area (Å²) in [5.74, 6) is 1.20. The van der Waals surface area contributed by atoms with E-state index < -0.39 is 0 Å². The predicted octanol–water partition coefficient (Wildman–Crippen LogP) is 2.07. The van der Waals surface area contributed by atoms with Crippen molar-refractivity contribution >= 4 is 17.6 Å². The molecule has 0 radical (unpaired) electrons. The van der Waals surface area contributed by atoms with Crippen LogP contribution in [0, 0.1) is 0 Å². The summed E-state index contributed by atoms with van der Waals surface area (Å²) >= 11 is 0. The Kier molecular flexibility index (Phi) is 4.33. The zero-order chi connectivity index (χ0) is 16.1. The van der Waals surface area contributed by atoms with Crippen LogP contribution in [0.1, 0.15) is 11.4 Å². The third kappa shape index (κ3) is 3.37. The van der Waals surface area contributed by atoms with Gasteiger partial charge >= 0.3 is 0 Å². The number of hydrogen-bond donors (Lipinski definition) is 1. The molecular formula is C17H16N4O2. The Bertz CT molecular complexity index is 854. The van der Waals surface area contributed by atoms with Gasteiger partial charge in [0.25, 0.3) is 0 Å². The second kappa shape index (κ2) is 6.74. The van der Waals surface area contributed by atoms with E-state index in [1.54, 1.807) is 13.2 Å². The summed E-state index contributed by atoms with van der Waals surface area (Å²) in [5, 5.41) is 10.9. The average molecular weight is 308 g/mol. The van der Waals surface area contributed by atoms with Crippen LogP contribution in [0.3, 0.4) is 0 Å². The fraction of sp³-hybridized carbons (Fsp3) is 0.118. The zero-order valence-electron chi connectivity index (χ0n) is 12.6. The Balaban J connectivity index is 1.64. The highest BCUT2D eigenvalue weighted by molar-refractivity contribution is 5.92. The lowest BCUT2D eigenvalue weighted by Gasteiger charge is -2.04. The van der Waals surface area contributed by atoms with Gasteiger partial charge < -0.3 is 10.1 Å². The van der Waals surface area contributed by atoms with Crippen LogP contribution in [0.4, 0.5) is 0 Å². The molecule has 3 aromatic rings. The number of para-hydroxylation sites is 1. The quantitative estimate of drug-likeness (QED) is 0.733. The van der Waals surface area contributed by atoms with E-state index in [1.165, 1.54) is 6.08 Å². The second-order valence-electron chi connectivity index (χ2n) is 4.84. The highest BCUT2D eigenvalue weighted by Gasteiger charge is 2.05. The number of hydrogen-bond acceptors (Lipinski definition) is 4. The molecule has 0 unspecified atom stereocenters. The molecule has 0 aliphatic rings. The van der Waals surface area contributed by atoms with Gasteiger partial charge in [0.05, 0.1) is 13.7 Å². The number of nitrogens with one attached hydrogen (secondary N) is 1. The number of nitrogens with zero attached hydrogens (tertiary/aromatic N) is 3. The van der Waals surface area contributed by atoms with E-state index in [2.05, 4.69) is 15.5 Å². The van der Waals surface area contributed by atoms with E-state index in [0.29, 0.717) is 12.4 Å². The van der Waals surface area contributed by atoms with Crippen LogP contribution in [-0.4, -0.2) is 27.6 Å². The molecule has 1 aromatic carbocycles. The summed E-state index contributed by atoms with van der Waals surface area (Å²) in [6.07, 6.45) is 5.05.